The molecule has 0 aliphatic rings. The molecule has 0 unspecified atom stereocenters. The van der Waals surface area contributed by atoms with Crippen LogP contribution in [0.1, 0.15) is 0 Å². The van der Waals surface area contributed by atoms with E-state index < -0.39 is 0 Å². The Labute approximate surface area is 100 Å². The Hall–Kier alpha value is -2.63. The summed E-state index contributed by atoms with van der Waals surface area (Å²) < 4.78 is 12.8. The lowest BCUT2D eigenvalue weighted by molar-refractivity contribution is 0.628. The van der Waals surface area contributed by atoms with Crippen molar-refractivity contribution in [3.8, 4) is 11.4 Å². The minimum absolute atomic E-state index is 0.184. The quantitative estimate of drug-likeness (QED) is 0.702. The maximum absolute atomic E-state index is 12.8. The van der Waals surface area contributed by atoms with E-state index in [0.29, 0.717) is 11.4 Å². The van der Waals surface area contributed by atoms with Gasteiger partial charge in [0.2, 0.25) is 0 Å². The number of halogens is 1. The summed E-state index contributed by atoms with van der Waals surface area (Å²) in [6, 6.07) is 5.68. The molecule has 2 heterocycles. The van der Waals surface area contributed by atoms with Crippen molar-refractivity contribution in [2.45, 2.75) is 0 Å². The molecule has 0 saturated carbocycles. The molecule has 2 aromatic heterocycles. The van der Waals surface area contributed by atoms with Gasteiger partial charge in [0.25, 0.3) is 5.56 Å². The smallest absolute Gasteiger partial charge is 0.279 e. The first-order chi connectivity index (χ1) is 8.74. The molecule has 3 rings (SSSR count). The first-order valence-electron chi connectivity index (χ1n) is 5.21. The van der Waals surface area contributed by atoms with Crippen LogP contribution in [0.25, 0.3) is 22.6 Å². The molecule has 3 aromatic rings. The number of aromatic amines is 1. The van der Waals surface area contributed by atoms with Crippen LogP contribution in [0.5, 0.6) is 0 Å². The van der Waals surface area contributed by atoms with Crippen molar-refractivity contribution in [3.63, 3.8) is 0 Å². The molecule has 0 fully saturated rings. The molecule has 0 radical (unpaired) electrons. The van der Waals surface area contributed by atoms with E-state index in [-0.39, 0.29) is 22.5 Å². The monoisotopic (exact) mass is 242 g/mol. The predicted molar refractivity (Wildman–Crippen MR) is 63.3 cm³/mol. The van der Waals surface area contributed by atoms with Gasteiger partial charge in [-0.15, -0.1) is 0 Å². The van der Waals surface area contributed by atoms with Gasteiger partial charge in [-0.1, -0.05) is 0 Å². The molecule has 0 bridgehead atoms. The number of fused-ring (bicyclic) bond motifs is 1. The van der Waals surface area contributed by atoms with Crippen LogP contribution in [-0.4, -0.2) is 19.9 Å². The van der Waals surface area contributed by atoms with E-state index in [1.54, 1.807) is 0 Å². The molecule has 0 spiro atoms. The van der Waals surface area contributed by atoms with Crippen molar-refractivity contribution < 1.29 is 4.39 Å². The van der Waals surface area contributed by atoms with Crippen molar-refractivity contribution in [2.24, 2.45) is 0 Å². The molecule has 0 atom stereocenters. The fraction of sp³-hybridized carbons (Fsp3) is 0. The third kappa shape index (κ3) is 1.73. The van der Waals surface area contributed by atoms with E-state index >= 15 is 0 Å². The maximum Gasteiger partial charge on any atom is 0.279 e. The van der Waals surface area contributed by atoms with Crippen LogP contribution in [0, 0.1) is 5.82 Å². The van der Waals surface area contributed by atoms with Crippen molar-refractivity contribution in [1.29, 1.82) is 0 Å². The highest BCUT2D eigenvalue weighted by molar-refractivity contribution is 5.70. The number of hydrogen-bond donors (Lipinski definition) is 1. The maximum atomic E-state index is 12.8. The summed E-state index contributed by atoms with van der Waals surface area (Å²) in [6.07, 6.45) is 2.89. The van der Waals surface area contributed by atoms with Crippen molar-refractivity contribution >= 4 is 11.2 Å². The van der Waals surface area contributed by atoms with Crippen LogP contribution >= 0.6 is 0 Å². The van der Waals surface area contributed by atoms with Crippen LogP contribution in [0.15, 0.2) is 41.5 Å². The molecule has 0 aliphatic heterocycles. The standard InChI is InChI=1S/C12H7FN4O/c13-8-3-1-7(2-4-8)10-16-11-9(12(18)17-10)14-5-6-15-11/h1-6H,(H,15,16,17,18). The van der Waals surface area contributed by atoms with E-state index in [0.717, 1.165) is 0 Å². The van der Waals surface area contributed by atoms with E-state index in [2.05, 4.69) is 19.9 Å². The number of H-pyrrole nitrogens is 1. The fourth-order valence-electron chi connectivity index (χ4n) is 1.62. The average molecular weight is 242 g/mol. The number of nitrogens with zero attached hydrogens (tertiary/aromatic N) is 3. The largest absolute Gasteiger partial charge is 0.305 e. The normalized spacial score (nSPS) is 10.7. The Bertz CT molecular complexity index is 767. The Balaban J connectivity index is 2.24. The predicted octanol–water partition coefficient (Wildman–Crippen LogP) is 1.52. The highest BCUT2D eigenvalue weighted by Crippen LogP contribution is 2.14. The van der Waals surface area contributed by atoms with E-state index in [9.17, 15) is 9.18 Å². The van der Waals surface area contributed by atoms with Crippen molar-refractivity contribution in [2.75, 3.05) is 0 Å². The van der Waals surface area contributed by atoms with Gasteiger partial charge in [-0.2, -0.15) is 0 Å². The SMILES string of the molecule is O=c1[nH]c(-c2ccc(F)cc2)nc2nccnc12. The average Bonchev–Trinajstić information content (AvgIpc) is 2.39. The van der Waals surface area contributed by atoms with Gasteiger partial charge in [-0.05, 0) is 24.3 Å². The molecular formula is C12H7FN4O. The fourth-order valence-corrected chi connectivity index (χ4v) is 1.62. The minimum Gasteiger partial charge on any atom is -0.305 e. The number of benzene rings is 1. The molecule has 0 amide bonds. The Morgan fingerprint density at radius 3 is 2.56 bits per heavy atom. The lowest BCUT2D eigenvalue weighted by Gasteiger charge is -2.01. The zero-order valence-electron chi connectivity index (χ0n) is 9.09. The topological polar surface area (TPSA) is 71.5 Å². The highest BCUT2D eigenvalue weighted by Gasteiger charge is 2.07. The van der Waals surface area contributed by atoms with Gasteiger partial charge in [0.15, 0.2) is 11.2 Å². The lowest BCUT2D eigenvalue weighted by Crippen LogP contribution is -2.11. The summed E-state index contributed by atoms with van der Waals surface area (Å²) in [5.74, 6) is -0.00493. The summed E-state index contributed by atoms with van der Waals surface area (Å²) >= 11 is 0. The molecule has 1 N–H and O–H groups in total. The Morgan fingerprint density at radius 2 is 1.78 bits per heavy atom. The third-order valence-corrected chi connectivity index (χ3v) is 2.46. The minimum atomic E-state index is -0.368. The number of aromatic nitrogens is 4. The van der Waals surface area contributed by atoms with Crippen LogP contribution < -0.4 is 5.56 Å². The number of hydrogen-bond acceptors (Lipinski definition) is 4. The van der Waals surface area contributed by atoms with Gasteiger partial charge in [-0.25, -0.2) is 19.3 Å². The molecule has 5 nitrogen and oxygen atoms in total. The number of nitrogens with one attached hydrogen (secondary N) is 1. The van der Waals surface area contributed by atoms with Crippen LogP contribution in [0.4, 0.5) is 4.39 Å². The van der Waals surface area contributed by atoms with E-state index in [4.69, 9.17) is 0 Å². The van der Waals surface area contributed by atoms with E-state index in [1.165, 1.54) is 36.7 Å². The molecule has 1 aromatic carbocycles. The second-order valence-electron chi connectivity index (χ2n) is 3.65. The van der Waals surface area contributed by atoms with Gasteiger partial charge >= 0.3 is 0 Å². The van der Waals surface area contributed by atoms with Gasteiger partial charge in [0.05, 0.1) is 0 Å². The van der Waals surface area contributed by atoms with Crippen LogP contribution in [-0.2, 0) is 0 Å². The van der Waals surface area contributed by atoms with E-state index in [1.807, 2.05) is 0 Å². The Morgan fingerprint density at radius 1 is 1.06 bits per heavy atom. The molecule has 0 aliphatic carbocycles. The summed E-state index contributed by atoms with van der Waals surface area (Å²) in [6.45, 7) is 0. The first-order valence-corrected chi connectivity index (χ1v) is 5.21. The molecular weight excluding hydrogens is 235 g/mol. The van der Waals surface area contributed by atoms with Gasteiger partial charge < -0.3 is 4.98 Å². The zero-order valence-corrected chi connectivity index (χ0v) is 9.09. The molecule has 18 heavy (non-hydrogen) atoms. The van der Waals surface area contributed by atoms with Crippen molar-refractivity contribution in [1.82, 2.24) is 19.9 Å². The second kappa shape index (κ2) is 3.99. The molecule has 88 valence electrons. The van der Waals surface area contributed by atoms with Gasteiger partial charge in [-0.3, -0.25) is 4.79 Å². The summed E-state index contributed by atoms with van der Waals surface area (Å²) in [5.41, 5.74) is 0.692. The highest BCUT2D eigenvalue weighted by atomic mass is 19.1. The third-order valence-electron chi connectivity index (χ3n) is 2.46. The van der Waals surface area contributed by atoms with Crippen molar-refractivity contribution in [3.05, 3.63) is 52.8 Å². The van der Waals surface area contributed by atoms with Gasteiger partial charge in [0, 0.05) is 18.0 Å². The summed E-state index contributed by atoms with van der Waals surface area (Å²) in [4.78, 5) is 26.4. The molecule has 6 heteroatoms. The molecule has 0 saturated heterocycles. The zero-order chi connectivity index (χ0) is 12.5. The summed E-state index contributed by atoms with van der Waals surface area (Å²) in [5, 5.41) is 0. The second-order valence-corrected chi connectivity index (χ2v) is 3.65. The lowest BCUT2D eigenvalue weighted by atomic mass is 10.2. The Kier molecular flexibility index (Phi) is 2.33. The first kappa shape index (κ1) is 10.5. The van der Waals surface area contributed by atoms with Gasteiger partial charge in [0.1, 0.15) is 11.6 Å². The van der Waals surface area contributed by atoms with Crippen LogP contribution in [0.3, 0.4) is 0 Å². The summed E-state index contributed by atoms with van der Waals surface area (Å²) in [7, 11) is 0. The van der Waals surface area contributed by atoms with Crippen LogP contribution in [0.2, 0.25) is 0 Å². The number of rotatable bonds is 1.